The lowest BCUT2D eigenvalue weighted by molar-refractivity contribution is -0.119. The largest absolute Gasteiger partial charge is 0.506 e. The van der Waals surface area contributed by atoms with E-state index in [-0.39, 0.29) is 24.6 Å². The molecule has 4 saturated heterocycles. The van der Waals surface area contributed by atoms with Gasteiger partial charge in [-0.05, 0) is 210 Å². The van der Waals surface area contributed by atoms with Crippen LogP contribution < -0.4 is 51.6 Å². The fourth-order valence-electron chi connectivity index (χ4n) is 16.0. The highest BCUT2D eigenvalue weighted by atomic mass is 16.3. The molecule has 118 heavy (non-hydrogen) atoms. The lowest BCUT2D eigenvalue weighted by atomic mass is 9.82. The van der Waals surface area contributed by atoms with Crippen molar-refractivity contribution in [2.24, 2.45) is 62.0 Å². The Labute approximate surface area is 718 Å². The van der Waals surface area contributed by atoms with Gasteiger partial charge in [0.05, 0.1) is 6.04 Å². The van der Waals surface area contributed by atoms with Crippen molar-refractivity contribution in [1.29, 1.82) is 0 Å². The molecule has 0 spiro atoms. The third-order valence-corrected chi connectivity index (χ3v) is 23.9. The molecule has 12 aliphatic rings. The first-order valence-electron chi connectivity index (χ1n) is 46.9. The van der Waals surface area contributed by atoms with Gasteiger partial charge >= 0.3 is 7.05 Å². The van der Waals surface area contributed by atoms with Crippen molar-refractivity contribution >= 4 is 41.5 Å². The molecule has 7 heterocycles. The number of aromatic hydroxyl groups is 2. The Morgan fingerprint density at radius 1 is 0.390 bits per heavy atom. The van der Waals surface area contributed by atoms with Crippen LogP contribution >= 0.6 is 0 Å². The van der Waals surface area contributed by atoms with Crippen molar-refractivity contribution < 1.29 is 20.0 Å². The van der Waals surface area contributed by atoms with Crippen LogP contribution in [0.25, 0.3) is 21.8 Å². The molecule has 23 nitrogen and oxygen atoms in total. The van der Waals surface area contributed by atoms with Crippen LogP contribution in [0.1, 0.15) is 283 Å². The number of phenolic OH excluding ortho intramolecular Hbond substituents is 2. The summed E-state index contributed by atoms with van der Waals surface area (Å²) in [6.07, 6.45) is 59.5. The molecule has 1 atom stereocenters. The van der Waals surface area contributed by atoms with Crippen LogP contribution in [0.4, 0.5) is 0 Å². The van der Waals surface area contributed by atoms with Gasteiger partial charge in [0.15, 0.2) is 0 Å². The van der Waals surface area contributed by atoms with Crippen molar-refractivity contribution in [1.82, 2.24) is 44.2 Å². The summed E-state index contributed by atoms with van der Waals surface area (Å²) in [5.74, 6) is 0.526. The summed E-state index contributed by atoms with van der Waals surface area (Å²) in [4.78, 5) is 38.2. The monoisotopic (exact) mass is 1650 g/mol. The Balaban J connectivity index is 0.000000276. The fourth-order valence-corrected chi connectivity index (χ4v) is 16.0. The third-order valence-electron chi connectivity index (χ3n) is 23.9. The predicted octanol–water partition coefficient (Wildman–Crippen LogP) is 13.6. The molecule has 16 rings (SSSR count). The molecule has 0 bridgehead atoms. The average Bonchev–Trinajstić information content (AvgIpc) is 0.846. The number of rotatable bonds is 6. The molecule has 11 fully saturated rings. The van der Waals surface area contributed by atoms with Gasteiger partial charge in [-0.3, -0.25) is 29.6 Å². The van der Waals surface area contributed by atoms with Crippen LogP contribution in [0.5, 0.6) is 11.5 Å². The summed E-state index contributed by atoms with van der Waals surface area (Å²) in [5.41, 5.74) is 54.8. The van der Waals surface area contributed by atoms with Crippen LogP contribution in [-0.2, 0) is 17.9 Å². The van der Waals surface area contributed by atoms with E-state index in [1.165, 1.54) is 249 Å². The minimum absolute atomic E-state index is 0.0741. The Bertz CT molecular complexity index is 2970. The van der Waals surface area contributed by atoms with E-state index in [9.17, 15) is 15.0 Å². The number of hydrogen-bond donors (Lipinski definition) is 12. The number of likely N-dealkylation sites (N-methyl/N-ethyl adjacent to an activating group) is 3. The maximum Gasteiger partial charge on any atom is 0.376 e. The number of carbonyl (C=O) groups is 1. The van der Waals surface area contributed by atoms with Crippen LogP contribution in [0.2, 0.25) is 6.82 Å². The van der Waals surface area contributed by atoms with E-state index in [0.29, 0.717) is 64.8 Å². The quantitative estimate of drug-likeness (QED) is 0.0630. The number of aromatic nitrogens is 2. The lowest BCUT2D eigenvalue weighted by Gasteiger charge is -2.32. The molecule has 1 amide bonds. The summed E-state index contributed by atoms with van der Waals surface area (Å²) in [7, 11) is 6.12. The van der Waals surface area contributed by atoms with E-state index in [2.05, 4.69) is 88.3 Å². The second-order valence-corrected chi connectivity index (χ2v) is 37.3. The summed E-state index contributed by atoms with van der Waals surface area (Å²) < 4.78 is 0. The summed E-state index contributed by atoms with van der Waals surface area (Å²) in [5, 5.41) is 31.0. The second-order valence-electron chi connectivity index (χ2n) is 37.3. The third kappa shape index (κ3) is 51.9. The Hall–Kier alpha value is -4.84. The highest BCUT2D eigenvalue weighted by molar-refractivity contribution is 6.45. The van der Waals surface area contributed by atoms with Gasteiger partial charge in [-0.15, -0.1) is 0 Å². The van der Waals surface area contributed by atoms with Crippen molar-refractivity contribution in [3.63, 3.8) is 0 Å². The van der Waals surface area contributed by atoms with Crippen LogP contribution in [0, 0.1) is 5.41 Å². The van der Waals surface area contributed by atoms with Gasteiger partial charge in [0.1, 0.15) is 22.5 Å². The van der Waals surface area contributed by atoms with Crippen molar-refractivity contribution in [3.05, 3.63) is 84.3 Å². The molecular weight excluding hydrogens is 1470 g/mol. The molecular formula is C94H176BN19O4. The summed E-state index contributed by atoms with van der Waals surface area (Å²) in [6.45, 7) is 27.0. The van der Waals surface area contributed by atoms with Crippen molar-refractivity contribution in [2.75, 3.05) is 113 Å². The molecule has 0 radical (unpaired) electrons. The number of hydrogen-bond acceptors (Lipinski definition) is 22. The van der Waals surface area contributed by atoms with Gasteiger partial charge in [-0.25, -0.2) is 0 Å². The summed E-state index contributed by atoms with van der Waals surface area (Å²) >= 11 is 0. The van der Waals surface area contributed by atoms with Crippen molar-refractivity contribution in [3.8, 4) is 11.5 Å². The molecule has 5 aliphatic heterocycles. The molecule has 2 aromatic carbocycles. The molecule has 21 N–H and O–H groups in total. The standard InChI is InChI=1S/C16H21N3O.C15H19N3O.C6H15BN2O.C6H12N2O.7C6H13N.C5H12.C4H6N2/c1-18-8-3-9-19(11-10-18)12-13-5-6-15(20)16-14(13)4-2-7-17-16;1-17-7-9-18(10-8-17)11-12-4-5-14(19)15-13(12)3-2-6-16-15;1-7(10)9-4-2-6(8)3-5-9;1-7-2-4-8(6-9)5-3-7;7*7-6-4-2-1-3-5-6;1-5(2,3)4;5-4-1-2-6-3-4/h2,4-7,20H,3,8-12H2,1H3;2-6,19H,7-11H2,1H3;6,10H,2-5,8H2,1H3;6H,2-5H2,1H3;7*6H,1-5,7H2;1-4H3;1-4H,5H2. The Morgan fingerprint density at radius 3 is 0.932 bits per heavy atom. The number of nitrogens with zero attached hydrogens (tertiary/aromatic N) is 10. The number of nitrogens with two attached hydrogens (primary N) is 9. The molecule has 7 saturated carbocycles. The first-order chi connectivity index (χ1) is 56.6. The minimum atomic E-state index is -0.299. The predicted molar refractivity (Wildman–Crippen MR) is 503 cm³/mol. The van der Waals surface area contributed by atoms with Gasteiger partial charge in [0, 0.05) is 162 Å². The zero-order valence-corrected chi connectivity index (χ0v) is 76.0. The maximum absolute atomic E-state index is 10.2. The summed E-state index contributed by atoms with van der Waals surface area (Å²) in [6, 6.07) is 19.7. The minimum Gasteiger partial charge on any atom is -0.506 e. The number of benzene rings is 2. The number of amides is 1. The number of aliphatic imine (C=N–C) groups is 1. The van der Waals surface area contributed by atoms with E-state index in [1.54, 1.807) is 48.7 Å². The van der Waals surface area contributed by atoms with Gasteiger partial charge < -0.3 is 91.3 Å². The fraction of sp³-hybridized carbons (Fsp3) is 0.766. The van der Waals surface area contributed by atoms with E-state index in [0.717, 1.165) is 128 Å². The zero-order valence-electron chi connectivity index (χ0n) is 76.0. The van der Waals surface area contributed by atoms with E-state index >= 15 is 0 Å². The van der Waals surface area contributed by atoms with Gasteiger partial charge in [0.2, 0.25) is 6.41 Å². The first-order valence-corrected chi connectivity index (χ1v) is 46.9. The lowest BCUT2D eigenvalue weighted by Crippen LogP contribution is -2.46. The number of phenols is 2. The highest BCUT2D eigenvalue weighted by Crippen LogP contribution is 2.29. The first kappa shape index (κ1) is 106. The molecule has 7 aliphatic carbocycles. The van der Waals surface area contributed by atoms with Gasteiger partial charge in [0.25, 0.3) is 0 Å². The van der Waals surface area contributed by atoms with Crippen LogP contribution in [0.15, 0.2) is 78.2 Å². The maximum atomic E-state index is 10.2. The Kier molecular flexibility index (Phi) is 57.2. The number of piperazine rings is 2. The molecule has 2 aromatic heterocycles. The second kappa shape index (κ2) is 64.0. The van der Waals surface area contributed by atoms with Gasteiger partial charge in [-0.2, -0.15) is 0 Å². The van der Waals surface area contributed by atoms with E-state index < -0.39 is 0 Å². The molecule has 674 valence electrons. The average molecular weight is 1650 g/mol. The van der Waals surface area contributed by atoms with Crippen molar-refractivity contribution in [2.45, 2.75) is 346 Å². The van der Waals surface area contributed by atoms with E-state index in [1.807, 2.05) is 47.3 Å². The molecule has 24 heteroatoms. The smallest absolute Gasteiger partial charge is 0.376 e. The number of carbonyl (C=O) groups excluding carboxylic acids is 1. The van der Waals surface area contributed by atoms with E-state index in [4.69, 9.17) is 56.6 Å². The SMILES string of the molecule is CB(O)N1CCC(N)CC1.CC(C)(C)C.CN1CCCN(Cc2ccc(O)c3ncccc23)CC1.CN1CCN(C=O)CC1.CN1CCN(Cc2ccc(O)c3ncccc23)CC1.NC1C=CN=C1.NC1CCCCC1.NC1CCCCC1.NC1CCCCC1.NC1CCCCC1.NC1CCCCC1.NC1CCCCC1.NC1CCCCC1. The zero-order chi connectivity index (χ0) is 86.1. The highest BCUT2D eigenvalue weighted by Gasteiger charge is 2.23. The topological polar surface area (TPSA) is 373 Å². The Morgan fingerprint density at radius 2 is 0.678 bits per heavy atom. The number of piperidine rings is 1. The number of pyridine rings is 2. The normalized spacial score (nSPS) is 22.1. The molecule has 4 aromatic rings. The molecule has 1 unspecified atom stereocenters. The van der Waals surface area contributed by atoms with Crippen LogP contribution in [0.3, 0.4) is 0 Å². The van der Waals surface area contributed by atoms with Gasteiger partial charge in [-0.1, -0.05) is 187 Å². The number of fused-ring (bicyclic) bond motifs is 2. The van der Waals surface area contributed by atoms with Crippen LogP contribution in [-0.4, -0.2) is 246 Å².